The molecule has 1 atom stereocenters. The van der Waals surface area contributed by atoms with Gasteiger partial charge in [-0.1, -0.05) is 36.0 Å². The minimum absolute atomic E-state index is 0.178. The van der Waals surface area contributed by atoms with Crippen LogP contribution in [0.5, 0.6) is 0 Å². The van der Waals surface area contributed by atoms with Crippen LogP contribution in [0.25, 0.3) is 15.8 Å². The molecule has 0 bridgehead atoms. The van der Waals surface area contributed by atoms with Crippen LogP contribution < -0.4 is 5.73 Å². The average Bonchev–Trinajstić information content (AvgIpc) is 3.40. The molecule has 0 spiro atoms. The number of nitrogens with two attached hydrogens (primary N) is 1. The van der Waals surface area contributed by atoms with E-state index in [1.807, 2.05) is 24.3 Å². The van der Waals surface area contributed by atoms with Crippen molar-refractivity contribution in [2.75, 3.05) is 0 Å². The SMILES string of the molecule is NC1=C(c2nc3ccccc3s2)C(=Nc2ccc(F)cc2)SC1C(=O)c1cccc([N+](=O)[O-])c1. The van der Waals surface area contributed by atoms with Crippen molar-refractivity contribution in [1.82, 2.24) is 4.98 Å². The molecule has 0 aliphatic carbocycles. The zero-order valence-electron chi connectivity index (χ0n) is 17.3. The van der Waals surface area contributed by atoms with Crippen LogP contribution in [-0.2, 0) is 0 Å². The van der Waals surface area contributed by atoms with Gasteiger partial charge in [0.1, 0.15) is 21.1 Å². The molecule has 34 heavy (non-hydrogen) atoms. The molecule has 7 nitrogen and oxygen atoms in total. The number of hydrogen-bond acceptors (Lipinski definition) is 8. The maximum Gasteiger partial charge on any atom is 0.270 e. The highest BCUT2D eigenvalue weighted by Gasteiger charge is 2.37. The van der Waals surface area contributed by atoms with E-state index < -0.39 is 10.2 Å². The van der Waals surface area contributed by atoms with Crippen molar-refractivity contribution in [1.29, 1.82) is 0 Å². The average molecular weight is 491 g/mol. The molecular formula is C24H15FN4O3S2. The van der Waals surface area contributed by atoms with E-state index in [0.717, 1.165) is 22.0 Å². The van der Waals surface area contributed by atoms with Gasteiger partial charge in [0.15, 0.2) is 5.78 Å². The highest BCUT2D eigenvalue weighted by atomic mass is 32.2. The van der Waals surface area contributed by atoms with E-state index in [1.165, 1.54) is 59.9 Å². The largest absolute Gasteiger partial charge is 0.400 e. The summed E-state index contributed by atoms with van der Waals surface area (Å²) in [6, 6.07) is 18.8. The number of aromatic nitrogens is 1. The fourth-order valence-corrected chi connectivity index (χ4v) is 5.82. The topological polar surface area (TPSA) is 111 Å². The number of thiazole rings is 1. The van der Waals surface area contributed by atoms with Gasteiger partial charge in [0, 0.05) is 23.4 Å². The lowest BCUT2D eigenvalue weighted by atomic mass is 10.0. The second-order valence-corrected chi connectivity index (χ2v) is 9.50. The van der Waals surface area contributed by atoms with Crippen LogP contribution in [0, 0.1) is 15.9 Å². The van der Waals surface area contributed by atoms with Gasteiger partial charge in [-0.3, -0.25) is 14.9 Å². The first-order valence-corrected chi connectivity index (χ1v) is 11.8. The summed E-state index contributed by atoms with van der Waals surface area (Å²) in [6.45, 7) is 0. The molecule has 1 unspecified atom stereocenters. The summed E-state index contributed by atoms with van der Waals surface area (Å²) in [6.07, 6.45) is 0. The fraction of sp³-hybridized carbons (Fsp3) is 0.0417. The van der Waals surface area contributed by atoms with Gasteiger partial charge in [-0.15, -0.1) is 11.3 Å². The summed E-state index contributed by atoms with van der Waals surface area (Å²) in [5, 5.41) is 11.4. The molecule has 0 saturated heterocycles. The first-order chi connectivity index (χ1) is 16.4. The van der Waals surface area contributed by atoms with E-state index in [4.69, 9.17) is 5.73 Å². The number of non-ortho nitro benzene ring substituents is 1. The van der Waals surface area contributed by atoms with E-state index >= 15 is 0 Å². The second kappa shape index (κ2) is 8.81. The third-order valence-electron chi connectivity index (χ3n) is 5.16. The number of para-hydroxylation sites is 1. The van der Waals surface area contributed by atoms with E-state index in [-0.39, 0.29) is 28.5 Å². The van der Waals surface area contributed by atoms with Gasteiger partial charge in [0.05, 0.1) is 26.4 Å². The first kappa shape index (κ1) is 21.9. The summed E-state index contributed by atoms with van der Waals surface area (Å²) in [7, 11) is 0. The third-order valence-corrected chi connectivity index (χ3v) is 7.44. The molecule has 1 aliphatic rings. The maximum absolute atomic E-state index is 13.4. The number of carbonyl (C=O) groups excluding carboxylic acids is 1. The van der Waals surface area contributed by atoms with Crippen molar-refractivity contribution in [3.8, 4) is 0 Å². The number of Topliss-reactive ketones (excluding diaryl/α,β-unsaturated/α-hetero) is 1. The van der Waals surface area contributed by atoms with Crippen molar-refractivity contribution >= 4 is 61.1 Å². The maximum atomic E-state index is 13.4. The quantitative estimate of drug-likeness (QED) is 0.217. The van der Waals surface area contributed by atoms with Crippen molar-refractivity contribution in [3.63, 3.8) is 0 Å². The number of nitro benzene ring substituents is 1. The van der Waals surface area contributed by atoms with E-state index in [1.54, 1.807) is 0 Å². The van der Waals surface area contributed by atoms with Crippen molar-refractivity contribution in [2.45, 2.75) is 5.25 Å². The number of nitro groups is 1. The molecule has 5 rings (SSSR count). The highest BCUT2D eigenvalue weighted by molar-refractivity contribution is 8.16. The Bertz CT molecular complexity index is 1480. The number of thioether (sulfide) groups is 1. The number of hydrogen-bond donors (Lipinski definition) is 1. The van der Waals surface area contributed by atoms with E-state index in [2.05, 4.69) is 9.98 Å². The first-order valence-electron chi connectivity index (χ1n) is 10.1. The van der Waals surface area contributed by atoms with Crippen LogP contribution in [0.15, 0.2) is 83.5 Å². The second-order valence-electron chi connectivity index (χ2n) is 7.38. The van der Waals surface area contributed by atoms with Crippen molar-refractivity contribution in [2.24, 2.45) is 10.7 Å². The van der Waals surface area contributed by atoms with Gasteiger partial charge < -0.3 is 5.73 Å². The molecule has 3 aromatic carbocycles. The molecule has 0 amide bonds. The Labute approximate surface area is 201 Å². The van der Waals surface area contributed by atoms with Crippen molar-refractivity contribution in [3.05, 3.63) is 105 Å². The summed E-state index contributed by atoms with van der Waals surface area (Å²) in [5.74, 6) is -0.752. The summed E-state index contributed by atoms with van der Waals surface area (Å²) >= 11 is 2.58. The lowest BCUT2D eigenvalue weighted by Gasteiger charge is -2.09. The Kier molecular flexibility index (Phi) is 5.68. The number of fused-ring (bicyclic) bond motifs is 1. The molecular weight excluding hydrogens is 475 g/mol. The van der Waals surface area contributed by atoms with Gasteiger partial charge in [-0.2, -0.15) is 0 Å². The van der Waals surface area contributed by atoms with Crippen LogP contribution in [0.2, 0.25) is 0 Å². The standard InChI is InChI=1S/C24H15FN4O3S2/c25-14-8-10-15(11-9-14)27-23-19(24-28-17-6-1-2-7-18(17)33-24)20(26)22(34-23)21(30)13-4-3-5-16(12-13)29(31)32/h1-12,22H,26H2. The monoisotopic (exact) mass is 490 g/mol. The van der Waals surface area contributed by atoms with E-state index in [9.17, 15) is 19.3 Å². The Hall–Kier alpha value is -3.89. The molecule has 2 N–H and O–H groups in total. The molecule has 1 aromatic heterocycles. The zero-order valence-corrected chi connectivity index (χ0v) is 19.0. The smallest absolute Gasteiger partial charge is 0.270 e. The van der Waals surface area contributed by atoms with E-state index in [0.29, 0.717) is 21.3 Å². The van der Waals surface area contributed by atoms with Crippen LogP contribution in [0.4, 0.5) is 15.8 Å². The Morgan fingerprint density at radius 2 is 1.85 bits per heavy atom. The number of rotatable bonds is 5. The number of nitrogens with zero attached hydrogens (tertiary/aromatic N) is 3. The molecule has 168 valence electrons. The lowest BCUT2D eigenvalue weighted by molar-refractivity contribution is -0.384. The number of benzene rings is 3. The van der Waals surface area contributed by atoms with Crippen molar-refractivity contribution < 1.29 is 14.1 Å². The predicted octanol–water partition coefficient (Wildman–Crippen LogP) is 5.74. The molecule has 1 aliphatic heterocycles. The number of aliphatic imine (C=N–C) groups is 1. The van der Waals surface area contributed by atoms with Crippen LogP contribution in [-0.4, -0.2) is 26.0 Å². The van der Waals surface area contributed by atoms with Crippen LogP contribution in [0.3, 0.4) is 0 Å². The summed E-state index contributed by atoms with van der Waals surface area (Å²) < 4.78 is 14.3. The predicted molar refractivity (Wildman–Crippen MR) is 133 cm³/mol. The van der Waals surface area contributed by atoms with Gasteiger partial charge in [0.25, 0.3) is 5.69 Å². The molecule has 10 heteroatoms. The summed E-state index contributed by atoms with van der Waals surface area (Å²) in [5.41, 5.74) is 8.63. The lowest BCUT2D eigenvalue weighted by Crippen LogP contribution is -2.22. The molecule has 0 saturated carbocycles. The van der Waals surface area contributed by atoms with Gasteiger partial charge >= 0.3 is 0 Å². The van der Waals surface area contributed by atoms with Crippen LogP contribution >= 0.6 is 23.1 Å². The normalized spacial score (nSPS) is 17.0. The minimum atomic E-state index is -0.830. The Morgan fingerprint density at radius 1 is 1.09 bits per heavy atom. The van der Waals surface area contributed by atoms with Gasteiger partial charge in [0.2, 0.25) is 0 Å². The zero-order chi connectivity index (χ0) is 23.8. The molecule has 0 fully saturated rings. The van der Waals surface area contributed by atoms with Gasteiger partial charge in [-0.05, 0) is 36.4 Å². The molecule has 4 aromatic rings. The fourth-order valence-electron chi connectivity index (χ4n) is 3.52. The number of ketones is 1. The molecule has 2 heterocycles. The highest BCUT2D eigenvalue weighted by Crippen LogP contribution is 2.43. The molecule has 0 radical (unpaired) electrons. The number of halogens is 1. The number of carbonyl (C=O) groups is 1. The third kappa shape index (κ3) is 4.09. The summed E-state index contributed by atoms with van der Waals surface area (Å²) in [4.78, 5) is 33.3. The Morgan fingerprint density at radius 3 is 2.59 bits per heavy atom. The Balaban J connectivity index is 1.61. The van der Waals surface area contributed by atoms with Gasteiger partial charge in [-0.25, -0.2) is 14.4 Å². The minimum Gasteiger partial charge on any atom is -0.400 e. The van der Waals surface area contributed by atoms with Crippen LogP contribution in [0.1, 0.15) is 15.4 Å².